The van der Waals surface area contributed by atoms with Gasteiger partial charge in [-0.2, -0.15) is 13.2 Å². The lowest BCUT2D eigenvalue weighted by Gasteiger charge is -2.25. The molecule has 2 atom stereocenters. The average molecular weight is 386 g/mol. The maximum atomic E-state index is 13.7. The lowest BCUT2D eigenvalue weighted by Crippen LogP contribution is -2.46. The number of aliphatic hydroxyl groups is 1. The smallest absolute Gasteiger partial charge is 0.416 e. The number of anilines is 2. The van der Waals surface area contributed by atoms with E-state index >= 15 is 0 Å². The summed E-state index contributed by atoms with van der Waals surface area (Å²) in [5.74, 6) is -1.85. The van der Waals surface area contributed by atoms with Gasteiger partial charge in [0.2, 0.25) is 0 Å². The second-order valence-electron chi connectivity index (χ2n) is 5.80. The molecule has 0 spiro atoms. The number of hydrogen-bond donors (Lipinski definition) is 4. The van der Waals surface area contributed by atoms with E-state index in [1.807, 2.05) is 0 Å². The number of nitrogens with zero attached hydrogens (tertiary/aromatic N) is 2. The zero-order chi connectivity index (χ0) is 19.8. The Kier molecular flexibility index (Phi) is 4.89. The van der Waals surface area contributed by atoms with Crippen LogP contribution in [0.2, 0.25) is 0 Å². The fourth-order valence-electron chi connectivity index (χ4n) is 2.69. The van der Waals surface area contributed by atoms with E-state index in [0.29, 0.717) is 0 Å². The molecule has 1 aliphatic heterocycles. The Morgan fingerprint density at radius 2 is 2.11 bits per heavy atom. The number of hydrogen-bond acceptors (Lipinski definition) is 6. The normalized spacial score (nSPS) is 17.5. The maximum absolute atomic E-state index is 13.7. The number of pyridine rings is 1. The first-order valence-corrected chi connectivity index (χ1v) is 7.68. The van der Waals surface area contributed by atoms with Gasteiger partial charge >= 0.3 is 12.1 Å². The SMILES string of the molecule is O=C(O)c1ccncc1NC1NN(CC(O)C(F)(F)F)c2ccc(F)cc21. The zero-order valence-corrected chi connectivity index (χ0v) is 13.5. The lowest BCUT2D eigenvalue weighted by atomic mass is 10.1. The molecule has 2 unspecified atom stereocenters. The highest BCUT2D eigenvalue weighted by Gasteiger charge is 2.41. The molecule has 0 radical (unpaired) electrons. The lowest BCUT2D eigenvalue weighted by molar-refractivity contribution is -0.200. The molecule has 1 aromatic heterocycles. The van der Waals surface area contributed by atoms with Gasteiger partial charge in [0.1, 0.15) is 12.0 Å². The number of carboxylic acids is 1. The Morgan fingerprint density at radius 3 is 2.78 bits per heavy atom. The summed E-state index contributed by atoms with van der Waals surface area (Å²) in [6.45, 7) is -0.834. The number of rotatable bonds is 5. The number of benzene rings is 1. The van der Waals surface area contributed by atoms with E-state index in [1.165, 1.54) is 24.5 Å². The summed E-state index contributed by atoms with van der Waals surface area (Å²) in [6, 6.07) is 4.69. The molecule has 0 amide bonds. The van der Waals surface area contributed by atoms with Crippen molar-refractivity contribution in [1.29, 1.82) is 0 Å². The first kappa shape index (κ1) is 18.9. The highest BCUT2D eigenvalue weighted by atomic mass is 19.4. The van der Waals surface area contributed by atoms with Crippen LogP contribution in [0.1, 0.15) is 22.1 Å². The third-order valence-electron chi connectivity index (χ3n) is 3.96. The number of β-amino-alcohol motifs (C(OH)–C–C–N with tert-alkyl or cyclic N) is 1. The van der Waals surface area contributed by atoms with Crippen LogP contribution < -0.4 is 15.8 Å². The Bertz CT molecular complexity index is 862. The molecule has 0 bridgehead atoms. The minimum atomic E-state index is -4.83. The zero-order valence-electron chi connectivity index (χ0n) is 13.5. The Hall–Kier alpha value is -2.92. The third-order valence-corrected chi connectivity index (χ3v) is 3.96. The molecule has 0 saturated carbocycles. The second-order valence-corrected chi connectivity index (χ2v) is 5.80. The summed E-state index contributed by atoms with van der Waals surface area (Å²) < 4.78 is 51.7. The van der Waals surface area contributed by atoms with Gasteiger partial charge in [-0.3, -0.25) is 4.98 Å². The van der Waals surface area contributed by atoms with Crippen molar-refractivity contribution in [3.8, 4) is 0 Å². The number of carbonyl (C=O) groups is 1. The fourth-order valence-corrected chi connectivity index (χ4v) is 2.69. The quantitative estimate of drug-likeness (QED) is 0.586. The van der Waals surface area contributed by atoms with Crippen LogP contribution in [0, 0.1) is 5.82 Å². The number of aromatic carboxylic acids is 1. The van der Waals surface area contributed by atoms with Gasteiger partial charge in [-0.05, 0) is 24.3 Å². The van der Waals surface area contributed by atoms with E-state index in [4.69, 9.17) is 0 Å². The molecule has 0 saturated heterocycles. The van der Waals surface area contributed by atoms with E-state index < -0.39 is 36.8 Å². The van der Waals surface area contributed by atoms with Crippen molar-refractivity contribution in [1.82, 2.24) is 10.4 Å². The van der Waals surface area contributed by atoms with Crippen LogP contribution >= 0.6 is 0 Å². The van der Waals surface area contributed by atoms with Crippen LogP contribution in [-0.4, -0.2) is 40.0 Å². The van der Waals surface area contributed by atoms with Crippen molar-refractivity contribution < 1.29 is 32.6 Å². The summed E-state index contributed by atoms with van der Waals surface area (Å²) >= 11 is 0. The Labute approximate surface area is 150 Å². The second kappa shape index (κ2) is 7.00. The first-order valence-electron chi connectivity index (χ1n) is 7.68. The van der Waals surface area contributed by atoms with E-state index in [0.717, 1.165) is 17.1 Å². The molecule has 7 nitrogen and oxygen atoms in total. The minimum Gasteiger partial charge on any atom is -0.478 e. The molecular weight excluding hydrogens is 372 g/mol. The number of hydrazine groups is 1. The van der Waals surface area contributed by atoms with Gasteiger partial charge in [-0.15, -0.1) is 0 Å². The van der Waals surface area contributed by atoms with Crippen molar-refractivity contribution in [2.45, 2.75) is 18.4 Å². The van der Waals surface area contributed by atoms with Crippen molar-refractivity contribution in [3.05, 3.63) is 53.6 Å². The van der Waals surface area contributed by atoms with Crippen molar-refractivity contribution in [2.24, 2.45) is 0 Å². The van der Waals surface area contributed by atoms with Gasteiger partial charge in [0, 0.05) is 11.8 Å². The summed E-state index contributed by atoms with van der Waals surface area (Å²) in [5, 5.41) is 22.4. The summed E-state index contributed by atoms with van der Waals surface area (Å²) in [5.41, 5.74) is 3.13. The molecule has 4 N–H and O–H groups in total. The molecule has 2 aromatic rings. The van der Waals surface area contributed by atoms with E-state index in [1.54, 1.807) is 0 Å². The molecule has 3 rings (SSSR count). The van der Waals surface area contributed by atoms with Crippen LogP contribution in [0.5, 0.6) is 0 Å². The standard InChI is InChI=1S/C16H14F4N4O3/c17-8-1-2-12-10(5-8)14(23-24(12)7-13(25)16(18,19)20)22-11-6-21-4-3-9(11)15(26)27/h1-6,13-14,22-23,25H,7H2,(H,26,27). The third kappa shape index (κ3) is 3.93. The molecular formula is C16H14F4N4O3. The number of fused-ring (bicyclic) bond motifs is 1. The fraction of sp³-hybridized carbons (Fsp3) is 0.250. The molecule has 2 heterocycles. The van der Waals surface area contributed by atoms with E-state index in [2.05, 4.69) is 15.7 Å². The van der Waals surface area contributed by atoms with E-state index in [9.17, 15) is 32.6 Å². The van der Waals surface area contributed by atoms with Crippen molar-refractivity contribution in [3.63, 3.8) is 0 Å². The summed E-state index contributed by atoms with van der Waals surface area (Å²) in [4.78, 5) is 15.1. The van der Waals surface area contributed by atoms with Crippen molar-refractivity contribution >= 4 is 17.3 Å². The highest BCUT2D eigenvalue weighted by molar-refractivity contribution is 5.94. The van der Waals surface area contributed by atoms with E-state index in [-0.39, 0.29) is 22.5 Å². The number of aliphatic hydroxyl groups excluding tert-OH is 1. The van der Waals surface area contributed by atoms with Gasteiger partial charge < -0.3 is 20.5 Å². The van der Waals surface area contributed by atoms with Crippen LogP contribution in [0.15, 0.2) is 36.7 Å². The minimum absolute atomic E-state index is 0.0935. The van der Waals surface area contributed by atoms with Gasteiger partial charge in [0.25, 0.3) is 0 Å². The molecule has 0 fully saturated rings. The monoisotopic (exact) mass is 386 g/mol. The van der Waals surface area contributed by atoms with Crippen molar-refractivity contribution in [2.75, 3.05) is 16.9 Å². The van der Waals surface area contributed by atoms with Gasteiger partial charge in [0.05, 0.1) is 29.7 Å². The van der Waals surface area contributed by atoms with Crippen LogP contribution in [-0.2, 0) is 0 Å². The largest absolute Gasteiger partial charge is 0.478 e. The molecule has 144 valence electrons. The summed E-state index contributed by atoms with van der Waals surface area (Å²) in [7, 11) is 0. The molecule has 27 heavy (non-hydrogen) atoms. The highest BCUT2D eigenvalue weighted by Crippen LogP contribution is 2.35. The Morgan fingerprint density at radius 1 is 1.37 bits per heavy atom. The maximum Gasteiger partial charge on any atom is 0.416 e. The first-order chi connectivity index (χ1) is 12.7. The number of alkyl halides is 3. The number of nitrogens with one attached hydrogen (secondary N) is 2. The molecule has 1 aromatic carbocycles. The predicted molar refractivity (Wildman–Crippen MR) is 86.5 cm³/mol. The number of halogens is 4. The number of aromatic nitrogens is 1. The van der Waals surface area contributed by atoms with Gasteiger partial charge in [0.15, 0.2) is 6.10 Å². The molecule has 0 aliphatic carbocycles. The number of carboxylic acid groups (broad SMARTS) is 1. The average Bonchev–Trinajstić information content (AvgIpc) is 2.91. The topological polar surface area (TPSA) is 97.7 Å². The Balaban J connectivity index is 1.90. The van der Waals surface area contributed by atoms with Gasteiger partial charge in [-0.25, -0.2) is 14.6 Å². The molecule has 11 heteroatoms. The predicted octanol–water partition coefficient (Wildman–Crippen LogP) is 2.28. The van der Waals surface area contributed by atoms with Crippen LogP contribution in [0.4, 0.5) is 28.9 Å². The molecule has 1 aliphatic rings. The van der Waals surface area contributed by atoms with Gasteiger partial charge in [-0.1, -0.05) is 0 Å². The van der Waals surface area contributed by atoms with Crippen LogP contribution in [0.3, 0.4) is 0 Å². The summed E-state index contributed by atoms with van der Waals surface area (Å²) in [6.07, 6.45) is -5.88. The van der Waals surface area contributed by atoms with Crippen LogP contribution in [0.25, 0.3) is 0 Å².